The highest BCUT2D eigenvalue weighted by atomic mass is 32.2. The van der Waals surface area contributed by atoms with Gasteiger partial charge in [0, 0.05) is 24.7 Å². The normalized spacial score (nSPS) is 23.4. The van der Waals surface area contributed by atoms with Gasteiger partial charge in [0.2, 0.25) is 10.0 Å². The van der Waals surface area contributed by atoms with Crippen LogP contribution in [0, 0.1) is 12.8 Å². The van der Waals surface area contributed by atoms with Gasteiger partial charge in [0.05, 0.1) is 10.9 Å². The van der Waals surface area contributed by atoms with Crippen molar-refractivity contribution in [3.63, 3.8) is 0 Å². The molecule has 2 heterocycles. The summed E-state index contributed by atoms with van der Waals surface area (Å²) in [6, 6.07) is 25.8. The van der Waals surface area contributed by atoms with E-state index in [2.05, 4.69) is 61.6 Å². The maximum Gasteiger partial charge on any atom is 0.243 e. The van der Waals surface area contributed by atoms with E-state index < -0.39 is 10.0 Å². The number of para-hydroxylation sites is 1. The quantitative estimate of drug-likeness (QED) is 0.566. The fraction of sp³-hybridized carbons (Fsp3) is 0.286. The summed E-state index contributed by atoms with van der Waals surface area (Å²) < 4.78 is 29.1. The van der Waals surface area contributed by atoms with E-state index in [1.165, 1.54) is 5.56 Å². The minimum Gasteiger partial charge on any atom is -0.378 e. The lowest BCUT2D eigenvalue weighted by atomic mass is 9.64. The molecule has 3 aromatic carbocycles. The number of hydrogen-bond donors (Lipinski definition) is 1. The number of nitrogens with one attached hydrogen (secondary N) is 1. The predicted molar refractivity (Wildman–Crippen MR) is 135 cm³/mol. The molecule has 0 aliphatic carbocycles. The molecular weight excluding hydrogens is 428 g/mol. The van der Waals surface area contributed by atoms with Gasteiger partial charge in [0.25, 0.3) is 0 Å². The molecule has 0 radical (unpaired) electrons. The summed E-state index contributed by atoms with van der Waals surface area (Å²) in [5, 5.41) is 3.75. The lowest BCUT2D eigenvalue weighted by Crippen LogP contribution is -2.57. The van der Waals surface area contributed by atoms with Crippen molar-refractivity contribution in [3.8, 4) is 0 Å². The van der Waals surface area contributed by atoms with Crippen LogP contribution in [0.3, 0.4) is 0 Å². The van der Waals surface area contributed by atoms with Gasteiger partial charge in [-0.3, -0.25) is 0 Å². The second-order valence-electron chi connectivity index (χ2n) is 9.74. The van der Waals surface area contributed by atoms with E-state index in [0.717, 1.165) is 22.4 Å². The van der Waals surface area contributed by atoms with Gasteiger partial charge < -0.3 is 5.32 Å². The van der Waals surface area contributed by atoms with E-state index in [0.29, 0.717) is 18.0 Å². The third-order valence-electron chi connectivity index (χ3n) is 7.23. The Balaban J connectivity index is 1.61. The number of rotatable bonds is 3. The van der Waals surface area contributed by atoms with Crippen LogP contribution in [0.25, 0.3) is 6.08 Å². The number of piperidine rings is 1. The summed E-state index contributed by atoms with van der Waals surface area (Å²) in [5.74, 6) is 0.0938. The lowest BCUT2D eigenvalue weighted by Gasteiger charge is -2.51. The molecule has 0 unspecified atom stereocenters. The van der Waals surface area contributed by atoms with Crippen molar-refractivity contribution in [3.05, 3.63) is 101 Å². The number of sulfonamides is 1. The van der Waals surface area contributed by atoms with E-state index >= 15 is 0 Å². The molecule has 2 aliphatic rings. The maximum atomic E-state index is 13.7. The monoisotopic (exact) mass is 458 g/mol. The zero-order valence-corrected chi connectivity index (χ0v) is 20.1. The smallest absolute Gasteiger partial charge is 0.243 e. The Morgan fingerprint density at radius 3 is 2.33 bits per heavy atom. The van der Waals surface area contributed by atoms with Crippen molar-refractivity contribution in [2.75, 3.05) is 18.4 Å². The van der Waals surface area contributed by atoms with Crippen molar-refractivity contribution in [2.45, 2.75) is 37.1 Å². The lowest BCUT2D eigenvalue weighted by molar-refractivity contribution is 0.202. The van der Waals surface area contributed by atoms with Crippen LogP contribution in [-0.2, 0) is 15.4 Å². The van der Waals surface area contributed by atoms with Gasteiger partial charge >= 0.3 is 0 Å². The molecule has 1 saturated heterocycles. The highest BCUT2D eigenvalue weighted by molar-refractivity contribution is 7.89. The first-order chi connectivity index (χ1) is 15.8. The van der Waals surface area contributed by atoms with Gasteiger partial charge in [-0.15, -0.1) is 0 Å². The average Bonchev–Trinajstić information content (AvgIpc) is 2.80. The first kappa shape index (κ1) is 21.9. The van der Waals surface area contributed by atoms with Crippen LogP contribution in [0.4, 0.5) is 5.69 Å². The topological polar surface area (TPSA) is 49.4 Å². The molecule has 170 valence electrons. The van der Waals surface area contributed by atoms with Gasteiger partial charge in [-0.25, -0.2) is 8.42 Å². The fourth-order valence-corrected chi connectivity index (χ4v) is 6.72. The third-order valence-corrected chi connectivity index (χ3v) is 9.06. The van der Waals surface area contributed by atoms with E-state index in [9.17, 15) is 8.42 Å². The van der Waals surface area contributed by atoms with Crippen LogP contribution in [0.15, 0.2) is 89.3 Å². The van der Waals surface area contributed by atoms with Crippen molar-refractivity contribution < 1.29 is 8.42 Å². The van der Waals surface area contributed by atoms with Gasteiger partial charge in [-0.1, -0.05) is 86.2 Å². The molecule has 1 N–H and O–H groups in total. The molecule has 1 fully saturated rings. The number of nitrogens with zero attached hydrogens (tertiary/aromatic N) is 1. The molecule has 5 rings (SSSR count). The maximum absolute atomic E-state index is 13.7. The Hall–Kier alpha value is -2.89. The van der Waals surface area contributed by atoms with Crippen LogP contribution in [-0.4, -0.2) is 31.9 Å². The second kappa shape index (κ2) is 8.15. The molecule has 4 nitrogen and oxygen atoms in total. The number of benzene rings is 3. The number of aryl methyl sites for hydroxylation is 1. The molecule has 2 atom stereocenters. The summed E-state index contributed by atoms with van der Waals surface area (Å²) >= 11 is 0. The highest BCUT2D eigenvalue weighted by Crippen LogP contribution is 2.47. The summed E-state index contributed by atoms with van der Waals surface area (Å²) in [6.45, 7) is 7.30. The summed E-state index contributed by atoms with van der Waals surface area (Å²) in [4.78, 5) is 0.354. The van der Waals surface area contributed by atoms with Crippen LogP contribution >= 0.6 is 0 Å². The van der Waals surface area contributed by atoms with E-state index in [1.54, 1.807) is 16.4 Å². The first-order valence-corrected chi connectivity index (χ1v) is 12.9. The largest absolute Gasteiger partial charge is 0.378 e. The van der Waals surface area contributed by atoms with E-state index in [-0.39, 0.29) is 17.4 Å². The minimum atomic E-state index is -3.62. The molecule has 0 saturated carbocycles. The molecular formula is C28H30N2O2S. The molecule has 0 amide bonds. The second-order valence-corrected chi connectivity index (χ2v) is 11.7. The molecule has 33 heavy (non-hydrogen) atoms. The highest BCUT2D eigenvalue weighted by Gasteiger charge is 2.48. The molecule has 0 spiro atoms. The van der Waals surface area contributed by atoms with Gasteiger partial charge in [0.1, 0.15) is 0 Å². The SMILES string of the molecule is Cc1ccc(S(=O)(=O)N2C/C(=C\c3ccccc3)[C@@H]3Nc4ccccc4C(C)(C)[C@@H]3C2)cc1. The molecule has 5 heteroatoms. The molecule has 0 bridgehead atoms. The number of hydrogen-bond acceptors (Lipinski definition) is 3. The summed E-state index contributed by atoms with van der Waals surface area (Å²) in [7, 11) is -3.62. The van der Waals surface area contributed by atoms with Crippen LogP contribution < -0.4 is 5.32 Å². The zero-order valence-electron chi connectivity index (χ0n) is 19.3. The number of anilines is 1. The Kier molecular flexibility index (Phi) is 5.42. The minimum absolute atomic E-state index is 0.0690. The summed E-state index contributed by atoms with van der Waals surface area (Å²) in [5.41, 5.74) is 5.41. The average molecular weight is 459 g/mol. The molecule has 0 aromatic heterocycles. The Morgan fingerprint density at radius 2 is 1.61 bits per heavy atom. The van der Waals surface area contributed by atoms with E-state index in [1.807, 2.05) is 37.3 Å². The van der Waals surface area contributed by atoms with Crippen LogP contribution in [0.5, 0.6) is 0 Å². The molecule has 2 aliphatic heterocycles. The van der Waals surface area contributed by atoms with Crippen LogP contribution in [0.2, 0.25) is 0 Å². The van der Waals surface area contributed by atoms with Crippen molar-refractivity contribution in [2.24, 2.45) is 5.92 Å². The van der Waals surface area contributed by atoms with E-state index in [4.69, 9.17) is 0 Å². The first-order valence-electron chi connectivity index (χ1n) is 11.5. The summed E-state index contributed by atoms with van der Waals surface area (Å²) in [6.07, 6.45) is 2.16. The van der Waals surface area contributed by atoms with Crippen molar-refractivity contribution in [1.29, 1.82) is 0 Å². The molecule has 3 aromatic rings. The Morgan fingerprint density at radius 1 is 0.939 bits per heavy atom. The van der Waals surface area contributed by atoms with Gasteiger partial charge in [0.15, 0.2) is 0 Å². The van der Waals surface area contributed by atoms with Crippen molar-refractivity contribution in [1.82, 2.24) is 4.31 Å². The third kappa shape index (κ3) is 3.90. The zero-order chi connectivity index (χ0) is 23.2. The predicted octanol–water partition coefficient (Wildman–Crippen LogP) is 5.47. The van der Waals surface area contributed by atoms with Gasteiger partial charge in [-0.2, -0.15) is 4.31 Å². The Bertz CT molecular complexity index is 1300. The standard InChI is InChI=1S/C28H30N2O2S/c1-20-13-15-23(16-14-20)33(31,32)30-18-22(17-21-9-5-4-6-10-21)27-25(19-30)28(2,3)24-11-7-8-12-26(24)29-27/h4-17,25,27,29H,18-19H2,1-3H3/b22-17+/t25-,27+/m1/s1. The van der Waals surface area contributed by atoms with Crippen molar-refractivity contribution >= 4 is 21.8 Å². The fourth-order valence-electron chi connectivity index (χ4n) is 5.27. The Labute approximate surface area is 197 Å². The van der Waals surface area contributed by atoms with Gasteiger partial charge in [-0.05, 0) is 47.2 Å². The van der Waals surface area contributed by atoms with Crippen LogP contribution in [0.1, 0.15) is 30.5 Å². The number of fused-ring (bicyclic) bond motifs is 2.